The van der Waals surface area contributed by atoms with Crippen molar-refractivity contribution in [2.24, 2.45) is 0 Å². The minimum Gasteiger partial charge on any atom is -0.494 e. The van der Waals surface area contributed by atoms with Gasteiger partial charge in [0.15, 0.2) is 0 Å². The molecule has 4 heteroatoms. The highest BCUT2D eigenvalue weighted by atomic mass is 32.2. The van der Waals surface area contributed by atoms with Crippen molar-refractivity contribution in [3.8, 4) is 5.75 Å². The Hall–Kier alpha value is -1.94. The van der Waals surface area contributed by atoms with Gasteiger partial charge < -0.3 is 10.1 Å². The number of nitrogens with one attached hydrogen (secondary N) is 1. The van der Waals surface area contributed by atoms with Crippen LogP contribution in [0.15, 0.2) is 48.5 Å². The summed E-state index contributed by atoms with van der Waals surface area (Å²) in [4.78, 5) is 12.1. The van der Waals surface area contributed by atoms with E-state index in [1.54, 1.807) is 11.8 Å². The van der Waals surface area contributed by atoms with Gasteiger partial charge in [0.2, 0.25) is 5.91 Å². The van der Waals surface area contributed by atoms with E-state index in [2.05, 4.69) is 24.4 Å². The van der Waals surface area contributed by atoms with Crippen molar-refractivity contribution in [2.45, 2.75) is 32.6 Å². The average molecular weight is 343 g/mol. The molecular formula is C20H25NO2S. The van der Waals surface area contributed by atoms with Gasteiger partial charge in [0.1, 0.15) is 5.75 Å². The number of carbonyl (C=O) groups excluding carboxylic acids is 1. The number of aryl methyl sites for hydroxylation is 1. The van der Waals surface area contributed by atoms with Crippen LogP contribution in [0, 0.1) is 6.92 Å². The highest BCUT2D eigenvalue weighted by Gasteiger charge is 2.10. The Morgan fingerprint density at radius 2 is 1.88 bits per heavy atom. The van der Waals surface area contributed by atoms with Crippen LogP contribution in [0.1, 0.15) is 36.6 Å². The second kappa shape index (κ2) is 9.38. The molecule has 1 atom stereocenters. The first-order valence-corrected chi connectivity index (χ1v) is 9.40. The van der Waals surface area contributed by atoms with Gasteiger partial charge in [-0.15, -0.1) is 11.8 Å². The molecule has 3 nitrogen and oxygen atoms in total. The van der Waals surface area contributed by atoms with Gasteiger partial charge in [0.25, 0.3) is 0 Å². The van der Waals surface area contributed by atoms with Crippen molar-refractivity contribution in [3.63, 3.8) is 0 Å². The molecule has 0 saturated carbocycles. The summed E-state index contributed by atoms with van der Waals surface area (Å²) in [5.41, 5.74) is 3.64. The van der Waals surface area contributed by atoms with Gasteiger partial charge in [0, 0.05) is 5.75 Å². The van der Waals surface area contributed by atoms with Gasteiger partial charge in [-0.1, -0.05) is 36.4 Å². The molecule has 0 aliphatic heterocycles. The largest absolute Gasteiger partial charge is 0.494 e. The topological polar surface area (TPSA) is 38.3 Å². The molecule has 0 heterocycles. The third kappa shape index (κ3) is 5.60. The van der Waals surface area contributed by atoms with Gasteiger partial charge >= 0.3 is 0 Å². The van der Waals surface area contributed by atoms with Gasteiger partial charge in [-0.25, -0.2) is 0 Å². The molecule has 0 radical (unpaired) electrons. The zero-order chi connectivity index (χ0) is 17.4. The van der Waals surface area contributed by atoms with Crippen molar-refractivity contribution in [2.75, 3.05) is 12.4 Å². The number of hydrogen-bond acceptors (Lipinski definition) is 3. The van der Waals surface area contributed by atoms with Crippen molar-refractivity contribution in [3.05, 3.63) is 65.2 Å². The fourth-order valence-electron chi connectivity index (χ4n) is 2.41. The fourth-order valence-corrected chi connectivity index (χ4v) is 3.33. The van der Waals surface area contributed by atoms with E-state index < -0.39 is 0 Å². The maximum Gasteiger partial charge on any atom is 0.230 e. The van der Waals surface area contributed by atoms with Crippen LogP contribution in [0.5, 0.6) is 5.75 Å². The van der Waals surface area contributed by atoms with E-state index in [4.69, 9.17) is 4.74 Å². The summed E-state index contributed by atoms with van der Waals surface area (Å²) in [5.74, 6) is 2.25. The number of thioether (sulfide) groups is 1. The van der Waals surface area contributed by atoms with Crippen LogP contribution in [0.4, 0.5) is 0 Å². The zero-order valence-electron chi connectivity index (χ0n) is 14.5. The van der Waals surface area contributed by atoms with E-state index in [1.807, 2.05) is 50.2 Å². The van der Waals surface area contributed by atoms with Gasteiger partial charge in [0.05, 0.1) is 18.4 Å². The van der Waals surface area contributed by atoms with E-state index in [9.17, 15) is 4.79 Å². The molecule has 1 N–H and O–H groups in total. The lowest BCUT2D eigenvalue weighted by Gasteiger charge is -2.15. The molecule has 1 amide bonds. The highest BCUT2D eigenvalue weighted by molar-refractivity contribution is 7.99. The Morgan fingerprint density at radius 3 is 2.54 bits per heavy atom. The average Bonchev–Trinajstić information content (AvgIpc) is 2.57. The molecule has 2 aromatic carbocycles. The predicted molar refractivity (Wildman–Crippen MR) is 102 cm³/mol. The maximum atomic E-state index is 12.1. The Bertz CT molecular complexity index is 655. The first kappa shape index (κ1) is 18.4. The van der Waals surface area contributed by atoms with Crippen LogP contribution < -0.4 is 10.1 Å². The van der Waals surface area contributed by atoms with E-state index in [-0.39, 0.29) is 11.9 Å². The summed E-state index contributed by atoms with van der Waals surface area (Å²) in [6, 6.07) is 16.2. The lowest BCUT2D eigenvalue weighted by molar-refractivity contribution is -0.119. The Balaban J connectivity index is 1.78. The Morgan fingerprint density at radius 1 is 1.17 bits per heavy atom. The monoisotopic (exact) mass is 343 g/mol. The SMILES string of the molecule is CCOc1ccc([C@@H](C)NC(=O)CSCc2ccccc2C)cc1. The molecule has 0 saturated heterocycles. The number of rotatable bonds is 8. The van der Waals surface area contributed by atoms with Crippen molar-refractivity contribution < 1.29 is 9.53 Å². The van der Waals surface area contributed by atoms with Crippen LogP contribution >= 0.6 is 11.8 Å². The quantitative estimate of drug-likeness (QED) is 0.767. The predicted octanol–water partition coefficient (Wildman–Crippen LogP) is 4.50. The van der Waals surface area contributed by atoms with Crippen molar-refractivity contribution in [1.29, 1.82) is 0 Å². The van der Waals surface area contributed by atoms with Gasteiger partial charge in [-0.05, 0) is 49.6 Å². The normalized spacial score (nSPS) is 11.8. The fraction of sp³-hybridized carbons (Fsp3) is 0.350. The second-order valence-electron chi connectivity index (χ2n) is 5.71. The van der Waals surface area contributed by atoms with Crippen molar-refractivity contribution in [1.82, 2.24) is 5.32 Å². The first-order valence-electron chi connectivity index (χ1n) is 8.24. The van der Waals surface area contributed by atoms with E-state index >= 15 is 0 Å². The van der Waals surface area contributed by atoms with E-state index in [0.717, 1.165) is 17.1 Å². The molecule has 0 unspecified atom stereocenters. The minimum absolute atomic E-state index is 0.00719. The number of hydrogen-bond donors (Lipinski definition) is 1. The minimum atomic E-state index is -0.00719. The third-order valence-corrected chi connectivity index (χ3v) is 4.80. The molecule has 0 aliphatic carbocycles. The highest BCUT2D eigenvalue weighted by Crippen LogP contribution is 2.19. The van der Waals surface area contributed by atoms with Crippen LogP contribution in [0.3, 0.4) is 0 Å². The summed E-state index contributed by atoms with van der Waals surface area (Å²) < 4.78 is 5.44. The molecule has 2 rings (SSSR count). The van der Waals surface area contributed by atoms with E-state index in [0.29, 0.717) is 12.4 Å². The summed E-state index contributed by atoms with van der Waals surface area (Å²) in [6.45, 7) is 6.72. The van der Waals surface area contributed by atoms with Crippen LogP contribution in [-0.4, -0.2) is 18.3 Å². The summed E-state index contributed by atoms with van der Waals surface area (Å²) >= 11 is 1.64. The lowest BCUT2D eigenvalue weighted by atomic mass is 10.1. The molecule has 0 bridgehead atoms. The summed E-state index contributed by atoms with van der Waals surface area (Å²) in [7, 11) is 0. The maximum absolute atomic E-state index is 12.1. The van der Waals surface area contributed by atoms with Gasteiger partial charge in [-0.2, -0.15) is 0 Å². The molecule has 0 aromatic heterocycles. The molecule has 128 valence electrons. The number of ether oxygens (including phenoxy) is 1. The standard InChI is InChI=1S/C20H25NO2S/c1-4-23-19-11-9-17(10-12-19)16(3)21-20(22)14-24-13-18-8-6-5-7-15(18)2/h5-12,16H,4,13-14H2,1-3H3,(H,21,22)/t16-/m1/s1. The molecule has 0 aliphatic rings. The third-order valence-electron chi connectivity index (χ3n) is 3.82. The van der Waals surface area contributed by atoms with Crippen molar-refractivity contribution >= 4 is 17.7 Å². The smallest absolute Gasteiger partial charge is 0.230 e. The zero-order valence-corrected chi connectivity index (χ0v) is 15.4. The lowest BCUT2D eigenvalue weighted by Crippen LogP contribution is -2.28. The number of amides is 1. The number of benzene rings is 2. The van der Waals surface area contributed by atoms with Crippen LogP contribution in [0.25, 0.3) is 0 Å². The molecule has 24 heavy (non-hydrogen) atoms. The van der Waals surface area contributed by atoms with Crippen LogP contribution in [0.2, 0.25) is 0 Å². The van der Waals surface area contributed by atoms with Crippen LogP contribution in [-0.2, 0) is 10.5 Å². The molecule has 0 fully saturated rings. The first-order chi connectivity index (χ1) is 11.6. The second-order valence-corrected chi connectivity index (χ2v) is 6.70. The molecule has 0 spiro atoms. The van der Waals surface area contributed by atoms with E-state index in [1.165, 1.54) is 11.1 Å². The molecular weight excluding hydrogens is 318 g/mol. The Kier molecular flexibility index (Phi) is 7.19. The summed E-state index contributed by atoms with van der Waals surface area (Å²) in [5, 5.41) is 3.05. The Labute approximate surface area is 148 Å². The number of carbonyl (C=O) groups is 1. The summed E-state index contributed by atoms with van der Waals surface area (Å²) in [6.07, 6.45) is 0. The molecule has 2 aromatic rings. The van der Waals surface area contributed by atoms with Gasteiger partial charge in [-0.3, -0.25) is 4.79 Å².